The summed E-state index contributed by atoms with van der Waals surface area (Å²) in [5.41, 5.74) is 3.51. The van der Waals surface area contributed by atoms with Crippen molar-refractivity contribution in [2.75, 3.05) is 32.7 Å². The van der Waals surface area contributed by atoms with Crippen LogP contribution in [0, 0.1) is 0 Å². The van der Waals surface area contributed by atoms with Gasteiger partial charge in [0, 0.05) is 44.8 Å². The summed E-state index contributed by atoms with van der Waals surface area (Å²) >= 11 is 0. The number of rotatable bonds is 6. The van der Waals surface area contributed by atoms with E-state index in [1.54, 1.807) is 6.92 Å². The van der Waals surface area contributed by atoms with Crippen LogP contribution in [0.2, 0.25) is 0 Å². The lowest BCUT2D eigenvalue weighted by Crippen LogP contribution is -2.46. The number of piperazine rings is 1. The van der Waals surface area contributed by atoms with Crippen molar-refractivity contribution in [2.45, 2.75) is 19.9 Å². The molecule has 1 heterocycles. The molecule has 0 N–H and O–H groups in total. The SMILES string of the molecule is CC(=O)c1ccc(CCN2CCN(Cc3ccccc3)CC2)cc1.Cl.Cl. The smallest absolute Gasteiger partial charge is 0.159 e. The number of ketones is 1. The van der Waals surface area contributed by atoms with Crippen LogP contribution < -0.4 is 0 Å². The molecular formula is C21H28Cl2N2O. The van der Waals surface area contributed by atoms with Crippen LogP contribution in [-0.2, 0) is 13.0 Å². The van der Waals surface area contributed by atoms with E-state index in [4.69, 9.17) is 0 Å². The number of carbonyl (C=O) groups is 1. The largest absolute Gasteiger partial charge is 0.300 e. The second-order valence-electron chi connectivity index (χ2n) is 6.61. The lowest BCUT2D eigenvalue weighted by Gasteiger charge is -2.34. The average molecular weight is 395 g/mol. The second kappa shape index (κ2) is 11.3. The lowest BCUT2D eigenvalue weighted by atomic mass is 10.1. The maximum atomic E-state index is 11.3. The number of carbonyl (C=O) groups excluding carboxylic acids is 1. The van der Waals surface area contributed by atoms with Crippen LogP contribution in [0.1, 0.15) is 28.4 Å². The summed E-state index contributed by atoms with van der Waals surface area (Å²) < 4.78 is 0. The van der Waals surface area contributed by atoms with E-state index >= 15 is 0 Å². The lowest BCUT2D eigenvalue weighted by molar-refractivity contribution is 0.101. The predicted octanol–water partition coefficient (Wildman–Crippen LogP) is 4.09. The van der Waals surface area contributed by atoms with Gasteiger partial charge in [0.2, 0.25) is 0 Å². The summed E-state index contributed by atoms with van der Waals surface area (Å²) in [6.45, 7) is 8.32. The Bertz CT molecular complexity index is 653. The molecule has 5 heteroatoms. The quantitative estimate of drug-likeness (QED) is 0.689. The first-order valence-electron chi connectivity index (χ1n) is 8.79. The van der Waals surface area contributed by atoms with Crippen molar-refractivity contribution in [1.29, 1.82) is 0 Å². The number of hydrogen-bond acceptors (Lipinski definition) is 3. The molecule has 0 spiro atoms. The first-order valence-corrected chi connectivity index (χ1v) is 8.79. The summed E-state index contributed by atoms with van der Waals surface area (Å²) in [6, 6.07) is 18.8. The minimum atomic E-state index is 0. The minimum Gasteiger partial charge on any atom is -0.300 e. The van der Waals surface area contributed by atoms with E-state index in [2.05, 4.69) is 52.3 Å². The van der Waals surface area contributed by atoms with Gasteiger partial charge < -0.3 is 4.90 Å². The average Bonchev–Trinajstić information content (AvgIpc) is 2.62. The van der Waals surface area contributed by atoms with Crippen molar-refractivity contribution < 1.29 is 4.79 Å². The molecule has 0 bridgehead atoms. The fourth-order valence-corrected chi connectivity index (χ4v) is 3.21. The minimum absolute atomic E-state index is 0. The molecule has 3 rings (SSSR count). The van der Waals surface area contributed by atoms with Gasteiger partial charge in [0.15, 0.2) is 5.78 Å². The van der Waals surface area contributed by atoms with Crippen LogP contribution in [-0.4, -0.2) is 48.3 Å². The van der Waals surface area contributed by atoms with Gasteiger partial charge in [0.1, 0.15) is 0 Å². The molecule has 26 heavy (non-hydrogen) atoms. The Morgan fingerprint density at radius 2 is 1.38 bits per heavy atom. The molecule has 0 unspecified atom stereocenters. The van der Waals surface area contributed by atoms with Crippen molar-refractivity contribution >= 4 is 30.6 Å². The molecule has 0 aromatic heterocycles. The van der Waals surface area contributed by atoms with Crippen molar-refractivity contribution in [3.05, 3.63) is 71.3 Å². The molecule has 0 aliphatic carbocycles. The standard InChI is InChI=1S/C21H26N2O.2ClH/c1-18(24)21-9-7-19(8-10-21)11-12-22-13-15-23(16-14-22)17-20-5-3-2-4-6-20;;/h2-10H,11-17H2,1H3;2*1H. The zero-order valence-corrected chi connectivity index (χ0v) is 16.9. The second-order valence-corrected chi connectivity index (χ2v) is 6.61. The van der Waals surface area contributed by atoms with E-state index in [0.717, 1.165) is 51.3 Å². The molecule has 1 saturated heterocycles. The Balaban J connectivity index is 0.00000169. The summed E-state index contributed by atoms with van der Waals surface area (Å²) in [5, 5.41) is 0. The molecular weight excluding hydrogens is 367 g/mol. The molecule has 0 atom stereocenters. The van der Waals surface area contributed by atoms with E-state index in [-0.39, 0.29) is 30.6 Å². The summed E-state index contributed by atoms with van der Waals surface area (Å²) in [6.07, 6.45) is 1.05. The molecule has 142 valence electrons. The van der Waals surface area contributed by atoms with E-state index < -0.39 is 0 Å². The maximum Gasteiger partial charge on any atom is 0.159 e. The van der Waals surface area contributed by atoms with Gasteiger partial charge in [-0.05, 0) is 24.5 Å². The summed E-state index contributed by atoms with van der Waals surface area (Å²) in [7, 11) is 0. The molecule has 0 radical (unpaired) electrons. The van der Waals surface area contributed by atoms with Crippen LogP contribution in [0.3, 0.4) is 0 Å². The highest BCUT2D eigenvalue weighted by Gasteiger charge is 2.16. The number of benzene rings is 2. The van der Waals surface area contributed by atoms with E-state index in [1.807, 2.05) is 12.1 Å². The van der Waals surface area contributed by atoms with Crippen LogP contribution in [0.5, 0.6) is 0 Å². The molecule has 2 aromatic carbocycles. The van der Waals surface area contributed by atoms with Crippen LogP contribution in [0.15, 0.2) is 54.6 Å². The van der Waals surface area contributed by atoms with Crippen molar-refractivity contribution in [3.63, 3.8) is 0 Å². The van der Waals surface area contributed by atoms with E-state index in [1.165, 1.54) is 11.1 Å². The zero-order chi connectivity index (χ0) is 16.8. The Labute approximate surface area is 169 Å². The van der Waals surface area contributed by atoms with E-state index in [0.29, 0.717) is 0 Å². The van der Waals surface area contributed by atoms with Gasteiger partial charge >= 0.3 is 0 Å². The highest BCUT2D eigenvalue weighted by Crippen LogP contribution is 2.10. The fourth-order valence-electron chi connectivity index (χ4n) is 3.21. The molecule has 0 amide bonds. The predicted molar refractivity (Wildman–Crippen MR) is 113 cm³/mol. The molecule has 3 nitrogen and oxygen atoms in total. The van der Waals surface area contributed by atoms with E-state index in [9.17, 15) is 4.79 Å². The van der Waals surface area contributed by atoms with Gasteiger partial charge in [-0.2, -0.15) is 0 Å². The normalized spacial score (nSPS) is 15.0. The Morgan fingerprint density at radius 3 is 1.96 bits per heavy atom. The first kappa shape index (κ1) is 22.7. The zero-order valence-electron chi connectivity index (χ0n) is 15.3. The number of Topliss-reactive ketones (excluding diaryl/α,β-unsaturated/α-hetero) is 1. The third-order valence-corrected chi connectivity index (χ3v) is 4.79. The monoisotopic (exact) mass is 394 g/mol. The van der Waals surface area contributed by atoms with Gasteiger partial charge in [-0.25, -0.2) is 0 Å². The highest BCUT2D eigenvalue weighted by molar-refractivity contribution is 5.94. The van der Waals surface area contributed by atoms with Crippen molar-refractivity contribution in [2.24, 2.45) is 0 Å². The fraction of sp³-hybridized carbons (Fsp3) is 0.381. The van der Waals surface area contributed by atoms with Crippen LogP contribution in [0.25, 0.3) is 0 Å². The van der Waals surface area contributed by atoms with Crippen molar-refractivity contribution in [3.8, 4) is 0 Å². The summed E-state index contributed by atoms with van der Waals surface area (Å²) in [4.78, 5) is 16.4. The molecule has 1 aliphatic heterocycles. The molecule has 0 saturated carbocycles. The number of nitrogens with zero attached hydrogens (tertiary/aromatic N) is 2. The molecule has 2 aromatic rings. The molecule has 1 aliphatic rings. The summed E-state index contributed by atoms with van der Waals surface area (Å²) in [5.74, 6) is 0.135. The molecule has 1 fully saturated rings. The van der Waals surface area contributed by atoms with Crippen LogP contribution in [0.4, 0.5) is 0 Å². The van der Waals surface area contributed by atoms with Gasteiger partial charge in [0.25, 0.3) is 0 Å². The van der Waals surface area contributed by atoms with Gasteiger partial charge in [-0.15, -0.1) is 24.8 Å². The Kier molecular flexibility index (Phi) is 9.89. The number of halogens is 2. The van der Waals surface area contributed by atoms with Gasteiger partial charge in [-0.1, -0.05) is 54.6 Å². The Morgan fingerprint density at radius 1 is 0.808 bits per heavy atom. The maximum absolute atomic E-state index is 11.3. The van der Waals surface area contributed by atoms with Gasteiger partial charge in [0.05, 0.1) is 0 Å². The number of hydrogen-bond donors (Lipinski definition) is 0. The third kappa shape index (κ3) is 6.73. The van der Waals surface area contributed by atoms with Crippen LogP contribution >= 0.6 is 24.8 Å². The van der Waals surface area contributed by atoms with Gasteiger partial charge in [-0.3, -0.25) is 9.69 Å². The highest BCUT2D eigenvalue weighted by atomic mass is 35.5. The topological polar surface area (TPSA) is 23.6 Å². The van der Waals surface area contributed by atoms with Crippen molar-refractivity contribution in [1.82, 2.24) is 9.80 Å². The Hall–Kier alpha value is -1.39. The third-order valence-electron chi connectivity index (χ3n) is 4.79. The first-order chi connectivity index (χ1) is 11.7.